The number of hydrogen-bond acceptors (Lipinski definition) is 4. The summed E-state index contributed by atoms with van der Waals surface area (Å²) in [6.07, 6.45) is 2.24. The van der Waals surface area contributed by atoms with Crippen LogP contribution in [0.25, 0.3) is 0 Å². The van der Waals surface area contributed by atoms with Gasteiger partial charge in [-0.15, -0.1) is 0 Å². The number of rotatable bonds is 5. The van der Waals surface area contributed by atoms with Gasteiger partial charge in [-0.25, -0.2) is 0 Å². The third kappa shape index (κ3) is 3.22. The predicted molar refractivity (Wildman–Crippen MR) is 77.5 cm³/mol. The number of ether oxygens (including phenoxy) is 2. The van der Waals surface area contributed by atoms with Crippen molar-refractivity contribution in [1.82, 2.24) is 10.6 Å². The minimum absolute atomic E-state index is 0.00617. The Hall–Kier alpha value is -1.75. The molecule has 1 aromatic rings. The first kappa shape index (κ1) is 14.7. The lowest BCUT2D eigenvalue weighted by Crippen LogP contribution is -2.47. The fraction of sp³-hybridized carbons (Fsp3) is 0.533. The van der Waals surface area contributed by atoms with E-state index < -0.39 is 0 Å². The lowest BCUT2D eigenvalue weighted by molar-refractivity contribution is 0.0942. The highest BCUT2D eigenvalue weighted by Crippen LogP contribution is 2.27. The van der Waals surface area contributed by atoms with Gasteiger partial charge in [-0.05, 0) is 44.5 Å². The summed E-state index contributed by atoms with van der Waals surface area (Å²) in [6.45, 7) is 3.78. The van der Waals surface area contributed by atoms with E-state index in [9.17, 15) is 4.79 Å². The van der Waals surface area contributed by atoms with Crippen molar-refractivity contribution in [2.45, 2.75) is 25.3 Å². The number of carbonyl (C=O) groups excluding carboxylic acids is 1. The standard InChI is InChI=1S/C15H22N2O3/c1-15(7-4-8-17-15)10-16-14(18)11-5-6-12(19-2)13(9-11)20-3/h5-6,9,17H,4,7-8,10H2,1-3H3,(H,16,18). The van der Waals surface area contributed by atoms with Gasteiger partial charge in [0.05, 0.1) is 14.2 Å². The molecule has 1 aliphatic rings. The van der Waals surface area contributed by atoms with Gasteiger partial charge >= 0.3 is 0 Å². The Kier molecular flexibility index (Phi) is 4.49. The van der Waals surface area contributed by atoms with E-state index in [0.29, 0.717) is 23.6 Å². The Morgan fingerprint density at radius 1 is 1.35 bits per heavy atom. The Labute approximate surface area is 119 Å². The van der Waals surface area contributed by atoms with Crippen LogP contribution in [0.5, 0.6) is 11.5 Å². The minimum Gasteiger partial charge on any atom is -0.493 e. The first-order chi connectivity index (χ1) is 9.58. The van der Waals surface area contributed by atoms with Gasteiger partial charge in [0.2, 0.25) is 0 Å². The second-order valence-electron chi connectivity index (χ2n) is 5.34. The Morgan fingerprint density at radius 3 is 2.70 bits per heavy atom. The van der Waals surface area contributed by atoms with Crippen molar-refractivity contribution in [3.05, 3.63) is 23.8 Å². The van der Waals surface area contributed by atoms with Crippen LogP contribution in [0.2, 0.25) is 0 Å². The molecule has 0 aliphatic carbocycles. The highest BCUT2D eigenvalue weighted by atomic mass is 16.5. The van der Waals surface area contributed by atoms with Gasteiger partial charge in [0.15, 0.2) is 11.5 Å². The van der Waals surface area contributed by atoms with Crippen LogP contribution in [0.3, 0.4) is 0 Å². The molecule has 1 aliphatic heterocycles. The van der Waals surface area contributed by atoms with E-state index in [0.717, 1.165) is 19.4 Å². The smallest absolute Gasteiger partial charge is 0.251 e. The summed E-state index contributed by atoms with van der Waals surface area (Å²) in [5.41, 5.74) is 0.580. The molecule has 20 heavy (non-hydrogen) atoms. The van der Waals surface area contributed by atoms with Gasteiger partial charge in [-0.2, -0.15) is 0 Å². The maximum Gasteiger partial charge on any atom is 0.251 e. The monoisotopic (exact) mass is 278 g/mol. The second-order valence-corrected chi connectivity index (χ2v) is 5.34. The van der Waals surface area contributed by atoms with Crippen molar-refractivity contribution in [2.75, 3.05) is 27.3 Å². The SMILES string of the molecule is COc1ccc(C(=O)NCC2(C)CCCN2)cc1OC. The minimum atomic E-state index is -0.0964. The van der Waals surface area contributed by atoms with E-state index in [1.807, 2.05) is 0 Å². The van der Waals surface area contributed by atoms with Crippen molar-refractivity contribution in [2.24, 2.45) is 0 Å². The number of hydrogen-bond donors (Lipinski definition) is 2. The summed E-state index contributed by atoms with van der Waals surface area (Å²) in [5, 5.41) is 6.39. The molecule has 2 rings (SSSR count). The molecule has 1 atom stereocenters. The van der Waals surface area contributed by atoms with Crippen molar-refractivity contribution in [3.63, 3.8) is 0 Å². The predicted octanol–water partition coefficient (Wildman–Crippen LogP) is 1.58. The Bertz CT molecular complexity index is 482. The van der Waals surface area contributed by atoms with Crippen LogP contribution in [0, 0.1) is 0 Å². The quantitative estimate of drug-likeness (QED) is 0.858. The maximum atomic E-state index is 12.2. The van der Waals surface area contributed by atoms with Crippen LogP contribution < -0.4 is 20.1 Å². The molecule has 1 fully saturated rings. The van der Waals surface area contributed by atoms with Gasteiger partial charge in [-0.1, -0.05) is 0 Å². The fourth-order valence-electron chi connectivity index (χ4n) is 2.46. The molecule has 2 N–H and O–H groups in total. The lowest BCUT2D eigenvalue weighted by Gasteiger charge is -2.24. The molecule has 0 bridgehead atoms. The van der Waals surface area contributed by atoms with E-state index >= 15 is 0 Å². The van der Waals surface area contributed by atoms with Crippen LogP contribution in [-0.2, 0) is 0 Å². The average Bonchev–Trinajstić information content (AvgIpc) is 2.91. The summed E-state index contributed by atoms with van der Waals surface area (Å²) in [7, 11) is 3.13. The molecule has 1 amide bonds. The maximum absolute atomic E-state index is 12.2. The Balaban J connectivity index is 2.02. The van der Waals surface area contributed by atoms with E-state index in [2.05, 4.69) is 17.6 Å². The summed E-state index contributed by atoms with van der Waals surface area (Å²) < 4.78 is 10.4. The van der Waals surface area contributed by atoms with Gasteiger partial charge in [0.1, 0.15) is 0 Å². The van der Waals surface area contributed by atoms with Crippen LogP contribution in [0.4, 0.5) is 0 Å². The molecule has 0 radical (unpaired) electrons. The van der Waals surface area contributed by atoms with Crippen LogP contribution >= 0.6 is 0 Å². The van der Waals surface area contributed by atoms with Gasteiger partial charge in [0.25, 0.3) is 5.91 Å². The number of carbonyl (C=O) groups is 1. The molecule has 5 nitrogen and oxygen atoms in total. The zero-order valence-electron chi connectivity index (χ0n) is 12.3. The zero-order valence-corrected chi connectivity index (χ0v) is 12.3. The molecule has 1 saturated heterocycles. The largest absolute Gasteiger partial charge is 0.493 e. The van der Waals surface area contributed by atoms with Crippen LogP contribution in [0.15, 0.2) is 18.2 Å². The molecule has 1 aromatic carbocycles. The first-order valence-electron chi connectivity index (χ1n) is 6.83. The third-order valence-corrected chi connectivity index (χ3v) is 3.74. The summed E-state index contributed by atoms with van der Waals surface area (Å²) >= 11 is 0. The van der Waals surface area contributed by atoms with E-state index in [1.165, 1.54) is 0 Å². The highest BCUT2D eigenvalue weighted by molar-refractivity contribution is 5.94. The third-order valence-electron chi connectivity index (χ3n) is 3.74. The lowest BCUT2D eigenvalue weighted by atomic mass is 10.0. The van der Waals surface area contributed by atoms with Gasteiger partial charge in [-0.3, -0.25) is 4.79 Å². The highest BCUT2D eigenvalue weighted by Gasteiger charge is 2.28. The van der Waals surface area contributed by atoms with Gasteiger partial charge in [0, 0.05) is 17.6 Å². The van der Waals surface area contributed by atoms with Gasteiger partial charge < -0.3 is 20.1 Å². The molecule has 110 valence electrons. The number of amides is 1. The second kappa shape index (κ2) is 6.13. The van der Waals surface area contributed by atoms with Crippen molar-refractivity contribution in [3.8, 4) is 11.5 Å². The molecular weight excluding hydrogens is 256 g/mol. The molecule has 5 heteroatoms. The number of nitrogens with one attached hydrogen (secondary N) is 2. The topological polar surface area (TPSA) is 59.6 Å². The van der Waals surface area contributed by atoms with E-state index in [1.54, 1.807) is 32.4 Å². The normalized spacial score (nSPS) is 21.6. The van der Waals surface area contributed by atoms with Crippen molar-refractivity contribution < 1.29 is 14.3 Å². The fourth-order valence-corrected chi connectivity index (χ4v) is 2.46. The molecule has 1 heterocycles. The van der Waals surface area contributed by atoms with Crippen molar-refractivity contribution in [1.29, 1.82) is 0 Å². The first-order valence-corrected chi connectivity index (χ1v) is 6.83. The van der Waals surface area contributed by atoms with Crippen LogP contribution in [-0.4, -0.2) is 38.8 Å². The van der Waals surface area contributed by atoms with E-state index in [4.69, 9.17) is 9.47 Å². The van der Waals surface area contributed by atoms with Crippen LogP contribution in [0.1, 0.15) is 30.1 Å². The number of benzene rings is 1. The van der Waals surface area contributed by atoms with E-state index in [-0.39, 0.29) is 11.4 Å². The molecule has 1 unspecified atom stereocenters. The molecule has 0 spiro atoms. The average molecular weight is 278 g/mol. The molecule has 0 aromatic heterocycles. The molecule has 0 saturated carbocycles. The molecular formula is C15H22N2O3. The van der Waals surface area contributed by atoms with Crippen molar-refractivity contribution >= 4 is 5.91 Å². The summed E-state index contributed by atoms with van der Waals surface area (Å²) in [6, 6.07) is 5.17. The summed E-state index contributed by atoms with van der Waals surface area (Å²) in [4.78, 5) is 12.2. The zero-order chi connectivity index (χ0) is 14.6. The summed E-state index contributed by atoms with van der Waals surface area (Å²) in [5.74, 6) is 1.08. The number of methoxy groups -OCH3 is 2. The Morgan fingerprint density at radius 2 is 2.10 bits per heavy atom.